The number of alkyl halides is 3. The molecule has 2 heterocycles. The summed E-state index contributed by atoms with van der Waals surface area (Å²) in [5, 5.41) is 5.79. The lowest BCUT2D eigenvalue weighted by Gasteiger charge is -2.20. The molecule has 0 saturated carbocycles. The van der Waals surface area contributed by atoms with Crippen LogP contribution in [0.1, 0.15) is 11.3 Å². The zero-order chi connectivity index (χ0) is 25.1. The number of pyridine rings is 2. The highest BCUT2D eigenvalue weighted by Crippen LogP contribution is 2.35. The van der Waals surface area contributed by atoms with Gasteiger partial charge >= 0.3 is 6.18 Å². The van der Waals surface area contributed by atoms with E-state index >= 15 is 0 Å². The Labute approximate surface area is 204 Å². The summed E-state index contributed by atoms with van der Waals surface area (Å²) in [4.78, 5) is 17.7. The van der Waals surface area contributed by atoms with Crippen molar-refractivity contribution in [1.29, 1.82) is 0 Å². The maximum Gasteiger partial charge on any atom is 0.417 e. The number of hydrogen-bond acceptors (Lipinski definition) is 4. The molecule has 0 aliphatic carbocycles. The van der Waals surface area contributed by atoms with Gasteiger partial charge in [-0.3, -0.25) is 9.36 Å². The van der Waals surface area contributed by atoms with E-state index in [9.17, 15) is 18.0 Å². The molecule has 0 aliphatic rings. The number of anilines is 3. The first-order valence-corrected chi connectivity index (χ1v) is 11.2. The number of nitrogens with one attached hydrogen (secondary N) is 2. The van der Waals surface area contributed by atoms with Gasteiger partial charge in [-0.1, -0.05) is 54.6 Å². The van der Waals surface area contributed by atoms with Gasteiger partial charge in [-0.25, -0.2) is 4.98 Å². The molecule has 3 aromatic carbocycles. The Balaban J connectivity index is 1.75. The highest BCUT2D eigenvalue weighted by Gasteiger charge is 2.35. The van der Waals surface area contributed by atoms with Crippen molar-refractivity contribution in [1.82, 2.24) is 9.55 Å². The predicted molar refractivity (Wildman–Crippen MR) is 136 cm³/mol. The van der Waals surface area contributed by atoms with Gasteiger partial charge < -0.3 is 10.6 Å². The zero-order valence-electron chi connectivity index (χ0n) is 19.0. The molecule has 0 amide bonds. The number of benzene rings is 3. The van der Waals surface area contributed by atoms with E-state index in [1.807, 2.05) is 54.6 Å². The van der Waals surface area contributed by atoms with Crippen LogP contribution in [-0.4, -0.2) is 9.55 Å². The van der Waals surface area contributed by atoms with Crippen LogP contribution >= 0.6 is 0 Å². The highest BCUT2D eigenvalue weighted by molar-refractivity contribution is 5.84. The molecule has 0 unspecified atom stereocenters. The lowest BCUT2D eigenvalue weighted by Crippen LogP contribution is -2.19. The van der Waals surface area contributed by atoms with E-state index in [0.717, 1.165) is 11.8 Å². The molecule has 0 radical (unpaired) electrons. The van der Waals surface area contributed by atoms with Crippen LogP contribution in [0.2, 0.25) is 0 Å². The Bertz CT molecular complexity index is 1550. The Morgan fingerprint density at radius 2 is 1.36 bits per heavy atom. The lowest BCUT2D eigenvalue weighted by atomic mass is 10.1. The summed E-state index contributed by atoms with van der Waals surface area (Å²) >= 11 is 0. The Morgan fingerprint density at radius 3 is 1.97 bits per heavy atom. The molecule has 0 aliphatic heterocycles. The number of rotatable bonds is 6. The fourth-order valence-electron chi connectivity index (χ4n) is 4.03. The van der Waals surface area contributed by atoms with Crippen LogP contribution < -0.4 is 16.1 Å². The molecule has 5 rings (SSSR count). The van der Waals surface area contributed by atoms with E-state index in [0.29, 0.717) is 17.2 Å². The Kier molecular flexibility index (Phi) is 6.16. The normalized spacial score (nSPS) is 11.4. The van der Waals surface area contributed by atoms with E-state index in [1.54, 1.807) is 41.0 Å². The molecule has 5 nitrogen and oxygen atoms in total. The number of halogens is 3. The molecular weight excluding hydrogens is 465 g/mol. The van der Waals surface area contributed by atoms with Gasteiger partial charge in [0.2, 0.25) is 0 Å². The average molecular weight is 486 g/mol. The van der Waals surface area contributed by atoms with Crippen LogP contribution in [0.25, 0.3) is 16.7 Å². The minimum absolute atomic E-state index is 0.0440. The molecular formula is C28H21F3N4O. The van der Waals surface area contributed by atoms with Crippen molar-refractivity contribution < 1.29 is 13.2 Å². The van der Waals surface area contributed by atoms with Gasteiger partial charge in [-0.2, -0.15) is 13.2 Å². The van der Waals surface area contributed by atoms with Crippen LogP contribution in [0.15, 0.2) is 108 Å². The smallest absolute Gasteiger partial charge is 0.379 e. The first-order valence-electron chi connectivity index (χ1n) is 11.2. The van der Waals surface area contributed by atoms with E-state index in [1.165, 1.54) is 6.07 Å². The fraction of sp³-hybridized carbons (Fsp3) is 0.0714. The van der Waals surface area contributed by atoms with Crippen LogP contribution in [0.3, 0.4) is 0 Å². The molecule has 0 saturated heterocycles. The van der Waals surface area contributed by atoms with E-state index in [-0.39, 0.29) is 17.9 Å². The maximum absolute atomic E-state index is 14.2. The van der Waals surface area contributed by atoms with Crippen molar-refractivity contribution in [3.63, 3.8) is 0 Å². The molecule has 2 aromatic heterocycles. The molecule has 0 bridgehead atoms. The van der Waals surface area contributed by atoms with E-state index < -0.39 is 22.6 Å². The molecule has 0 atom stereocenters. The van der Waals surface area contributed by atoms with Crippen molar-refractivity contribution in [2.24, 2.45) is 0 Å². The molecule has 0 fully saturated rings. The number of fused-ring (bicyclic) bond motifs is 1. The highest BCUT2D eigenvalue weighted by atomic mass is 19.4. The van der Waals surface area contributed by atoms with Crippen molar-refractivity contribution in [3.8, 4) is 5.69 Å². The van der Waals surface area contributed by atoms with Gasteiger partial charge in [0.1, 0.15) is 5.82 Å². The number of aromatic nitrogens is 2. The summed E-state index contributed by atoms with van der Waals surface area (Å²) in [5.74, 6) is 0.304. The van der Waals surface area contributed by atoms with Crippen molar-refractivity contribution in [3.05, 3.63) is 125 Å². The molecule has 8 heteroatoms. The van der Waals surface area contributed by atoms with Gasteiger partial charge in [0, 0.05) is 23.1 Å². The Hall–Kier alpha value is -4.59. The predicted octanol–water partition coefficient (Wildman–Crippen LogP) is 6.76. The minimum Gasteiger partial charge on any atom is -0.379 e. The zero-order valence-corrected chi connectivity index (χ0v) is 19.0. The SMILES string of the molecule is O=c1cc(Nc2ccccc2)n(-c2ccccc2)c2nc(CNc3ccccc3)cc(C(F)(F)F)c12. The summed E-state index contributed by atoms with van der Waals surface area (Å²) in [6, 6.07) is 29.2. The molecule has 2 N–H and O–H groups in total. The fourth-order valence-corrected chi connectivity index (χ4v) is 4.03. The van der Waals surface area contributed by atoms with Gasteiger partial charge in [-0.05, 0) is 42.5 Å². The first kappa shape index (κ1) is 23.2. The average Bonchev–Trinajstić information content (AvgIpc) is 2.88. The maximum atomic E-state index is 14.2. The largest absolute Gasteiger partial charge is 0.417 e. The second-order valence-corrected chi connectivity index (χ2v) is 8.13. The summed E-state index contributed by atoms with van der Waals surface area (Å²) in [6.07, 6.45) is -4.75. The second kappa shape index (κ2) is 9.58. The molecule has 180 valence electrons. The summed E-state index contributed by atoms with van der Waals surface area (Å²) < 4.78 is 44.2. The molecule has 0 spiro atoms. The lowest BCUT2D eigenvalue weighted by molar-refractivity contribution is -0.136. The van der Waals surface area contributed by atoms with Gasteiger partial charge in [0.15, 0.2) is 11.1 Å². The summed E-state index contributed by atoms with van der Waals surface area (Å²) in [6.45, 7) is 0.0440. The number of hydrogen-bond donors (Lipinski definition) is 2. The second-order valence-electron chi connectivity index (χ2n) is 8.13. The van der Waals surface area contributed by atoms with Gasteiger partial charge in [0.05, 0.1) is 23.2 Å². The van der Waals surface area contributed by atoms with Crippen LogP contribution in [0, 0.1) is 0 Å². The van der Waals surface area contributed by atoms with Crippen LogP contribution in [0.4, 0.5) is 30.4 Å². The van der Waals surface area contributed by atoms with Crippen molar-refractivity contribution in [2.75, 3.05) is 10.6 Å². The third kappa shape index (κ3) is 4.79. The van der Waals surface area contributed by atoms with E-state index in [2.05, 4.69) is 15.6 Å². The standard InChI is InChI=1S/C28H21F3N4O/c29-28(30,31)23-16-21(18-32-19-10-4-1-5-11-19)34-27-26(23)24(36)17-25(33-20-12-6-2-7-13-20)35(27)22-14-8-3-9-15-22/h1-17,32-33H,18H2. The van der Waals surface area contributed by atoms with Crippen LogP contribution in [0.5, 0.6) is 0 Å². The summed E-state index contributed by atoms with van der Waals surface area (Å²) in [5.41, 5.74) is 0.282. The summed E-state index contributed by atoms with van der Waals surface area (Å²) in [7, 11) is 0. The molecule has 5 aromatic rings. The Morgan fingerprint density at radius 1 is 0.778 bits per heavy atom. The first-order chi connectivity index (χ1) is 17.4. The third-order valence-corrected chi connectivity index (χ3v) is 5.63. The van der Waals surface area contributed by atoms with Gasteiger partial charge in [-0.15, -0.1) is 0 Å². The third-order valence-electron chi connectivity index (χ3n) is 5.63. The van der Waals surface area contributed by atoms with Crippen LogP contribution in [-0.2, 0) is 12.7 Å². The quantitative estimate of drug-likeness (QED) is 0.278. The van der Waals surface area contributed by atoms with E-state index in [4.69, 9.17) is 0 Å². The monoisotopic (exact) mass is 486 g/mol. The van der Waals surface area contributed by atoms with Crippen molar-refractivity contribution >= 4 is 28.2 Å². The topological polar surface area (TPSA) is 59.0 Å². The van der Waals surface area contributed by atoms with Crippen molar-refractivity contribution in [2.45, 2.75) is 12.7 Å². The number of nitrogens with zero attached hydrogens (tertiary/aromatic N) is 2. The molecule has 36 heavy (non-hydrogen) atoms. The number of para-hydroxylation sites is 3. The van der Waals surface area contributed by atoms with Gasteiger partial charge in [0.25, 0.3) is 0 Å². The minimum atomic E-state index is -4.75.